The van der Waals surface area contributed by atoms with Crippen molar-refractivity contribution in [3.8, 4) is 0 Å². The van der Waals surface area contributed by atoms with E-state index in [1.54, 1.807) is 16.2 Å². The Bertz CT molecular complexity index is 870. The van der Waals surface area contributed by atoms with Gasteiger partial charge in [-0.05, 0) is 31.9 Å². The molecular weight excluding hydrogens is 356 g/mol. The second-order valence-electron chi connectivity index (χ2n) is 6.17. The molecule has 25 heavy (non-hydrogen) atoms. The molecule has 1 amide bonds. The van der Waals surface area contributed by atoms with Crippen molar-refractivity contribution < 1.29 is 9.21 Å². The lowest BCUT2D eigenvalue weighted by molar-refractivity contribution is -0.128. The van der Waals surface area contributed by atoms with Gasteiger partial charge in [-0.15, -0.1) is 21.5 Å². The van der Waals surface area contributed by atoms with Crippen LogP contribution in [-0.2, 0) is 4.79 Å². The second-order valence-corrected chi connectivity index (χ2v) is 8.16. The molecular formula is C17H18N4O2S2. The number of fused-ring (bicyclic) bond motifs is 1. The Balaban J connectivity index is 1.38. The van der Waals surface area contributed by atoms with E-state index in [-0.39, 0.29) is 17.7 Å². The van der Waals surface area contributed by atoms with E-state index in [0.717, 1.165) is 28.1 Å². The van der Waals surface area contributed by atoms with Crippen molar-refractivity contribution in [2.75, 3.05) is 12.8 Å². The van der Waals surface area contributed by atoms with Crippen LogP contribution in [0.1, 0.15) is 42.6 Å². The minimum absolute atomic E-state index is 0.0166. The highest BCUT2D eigenvalue weighted by Crippen LogP contribution is 2.39. The maximum atomic E-state index is 12.5. The first-order valence-electron chi connectivity index (χ1n) is 8.19. The quantitative estimate of drug-likeness (QED) is 0.610. The van der Waals surface area contributed by atoms with Crippen LogP contribution in [0, 0.1) is 0 Å². The Morgan fingerprint density at radius 1 is 1.40 bits per heavy atom. The molecule has 6 nitrogen and oxygen atoms in total. The monoisotopic (exact) mass is 374 g/mol. The number of rotatable bonds is 6. The Morgan fingerprint density at radius 2 is 2.20 bits per heavy atom. The molecule has 2 aromatic heterocycles. The van der Waals surface area contributed by atoms with Crippen LogP contribution in [-0.4, -0.2) is 38.8 Å². The first-order valence-corrected chi connectivity index (χ1v) is 9.99. The molecule has 0 unspecified atom stereocenters. The average molecular weight is 374 g/mol. The summed E-state index contributed by atoms with van der Waals surface area (Å²) in [4.78, 5) is 18.9. The van der Waals surface area contributed by atoms with Gasteiger partial charge in [-0.3, -0.25) is 4.79 Å². The SMILES string of the molecule is C[C@H](c1nc2ccccc2s1)N(C)C(=O)CSc1nnc(C2CC2)o1. The largest absolute Gasteiger partial charge is 0.416 e. The maximum absolute atomic E-state index is 12.5. The lowest BCUT2D eigenvalue weighted by atomic mass is 10.3. The lowest BCUT2D eigenvalue weighted by Crippen LogP contribution is -2.31. The number of hydrogen-bond donors (Lipinski definition) is 0. The Kier molecular flexibility index (Phi) is 4.47. The fraction of sp³-hybridized carbons (Fsp3) is 0.412. The molecule has 0 spiro atoms. The van der Waals surface area contributed by atoms with Gasteiger partial charge < -0.3 is 9.32 Å². The number of nitrogens with zero attached hydrogens (tertiary/aromatic N) is 4. The van der Waals surface area contributed by atoms with E-state index >= 15 is 0 Å². The van der Waals surface area contributed by atoms with Crippen LogP contribution in [0.5, 0.6) is 0 Å². The molecule has 1 atom stereocenters. The molecule has 3 aromatic rings. The third-order valence-electron chi connectivity index (χ3n) is 4.31. The van der Waals surface area contributed by atoms with Crippen LogP contribution in [0.2, 0.25) is 0 Å². The number of amides is 1. The molecule has 2 heterocycles. The van der Waals surface area contributed by atoms with Crippen LogP contribution in [0.15, 0.2) is 33.9 Å². The number of aromatic nitrogens is 3. The number of carbonyl (C=O) groups is 1. The standard InChI is InChI=1S/C17H18N4O2S2/c1-10(16-18-12-5-3-4-6-13(12)25-16)21(2)14(22)9-24-17-20-19-15(23-17)11-7-8-11/h3-6,10-11H,7-9H2,1-2H3/t10-/m1/s1. The molecule has 0 radical (unpaired) electrons. The van der Waals surface area contributed by atoms with Gasteiger partial charge in [0.2, 0.25) is 11.8 Å². The van der Waals surface area contributed by atoms with Crippen molar-refractivity contribution in [2.24, 2.45) is 0 Å². The molecule has 130 valence electrons. The topological polar surface area (TPSA) is 72.1 Å². The zero-order valence-corrected chi connectivity index (χ0v) is 15.6. The number of benzene rings is 1. The van der Waals surface area contributed by atoms with E-state index in [1.165, 1.54) is 11.8 Å². The molecule has 8 heteroatoms. The van der Waals surface area contributed by atoms with Gasteiger partial charge in [0.25, 0.3) is 5.22 Å². The van der Waals surface area contributed by atoms with Crippen molar-refractivity contribution in [3.05, 3.63) is 35.2 Å². The van der Waals surface area contributed by atoms with E-state index in [1.807, 2.05) is 38.2 Å². The molecule has 0 aliphatic heterocycles. The maximum Gasteiger partial charge on any atom is 0.277 e. The van der Waals surface area contributed by atoms with Crippen molar-refractivity contribution in [3.63, 3.8) is 0 Å². The number of thioether (sulfide) groups is 1. The minimum atomic E-state index is -0.0739. The van der Waals surface area contributed by atoms with E-state index in [0.29, 0.717) is 17.0 Å². The van der Waals surface area contributed by atoms with Crippen LogP contribution < -0.4 is 0 Å². The van der Waals surface area contributed by atoms with Gasteiger partial charge in [-0.1, -0.05) is 23.9 Å². The summed E-state index contributed by atoms with van der Waals surface area (Å²) in [6.07, 6.45) is 2.24. The van der Waals surface area contributed by atoms with Crippen molar-refractivity contribution >= 4 is 39.2 Å². The summed E-state index contributed by atoms with van der Waals surface area (Å²) in [6.45, 7) is 2.00. The van der Waals surface area contributed by atoms with E-state index < -0.39 is 0 Å². The van der Waals surface area contributed by atoms with E-state index in [9.17, 15) is 4.79 Å². The smallest absolute Gasteiger partial charge is 0.277 e. The highest BCUT2D eigenvalue weighted by atomic mass is 32.2. The Labute approximate surface area is 153 Å². The third kappa shape index (κ3) is 3.55. The summed E-state index contributed by atoms with van der Waals surface area (Å²) in [5, 5.41) is 9.45. The molecule has 1 fully saturated rings. The van der Waals surface area contributed by atoms with Crippen LogP contribution in [0.4, 0.5) is 0 Å². The first-order chi connectivity index (χ1) is 12.1. The number of para-hydroxylation sites is 1. The summed E-state index contributed by atoms with van der Waals surface area (Å²) in [6, 6.07) is 7.94. The molecule has 0 bridgehead atoms. The van der Waals surface area contributed by atoms with Gasteiger partial charge >= 0.3 is 0 Å². The average Bonchev–Trinajstić information content (AvgIpc) is 3.21. The number of thiazole rings is 1. The highest BCUT2D eigenvalue weighted by Gasteiger charge is 2.29. The lowest BCUT2D eigenvalue weighted by Gasteiger charge is -2.22. The van der Waals surface area contributed by atoms with E-state index in [4.69, 9.17) is 4.42 Å². The van der Waals surface area contributed by atoms with Crippen molar-refractivity contribution in [1.29, 1.82) is 0 Å². The molecule has 0 N–H and O–H groups in total. The minimum Gasteiger partial charge on any atom is -0.416 e. The molecule has 1 aliphatic carbocycles. The first kappa shape index (κ1) is 16.5. The Morgan fingerprint density at radius 3 is 2.96 bits per heavy atom. The zero-order chi connectivity index (χ0) is 17.4. The Hall–Kier alpha value is -1.93. The second kappa shape index (κ2) is 6.76. The van der Waals surface area contributed by atoms with Gasteiger partial charge in [0.05, 0.1) is 22.0 Å². The van der Waals surface area contributed by atoms with Crippen molar-refractivity contribution in [1.82, 2.24) is 20.1 Å². The fourth-order valence-electron chi connectivity index (χ4n) is 2.45. The molecule has 0 saturated heterocycles. The molecule has 1 aliphatic rings. The molecule has 1 aromatic carbocycles. The highest BCUT2D eigenvalue weighted by molar-refractivity contribution is 7.99. The fourth-order valence-corrected chi connectivity index (χ4v) is 4.21. The third-order valence-corrected chi connectivity index (χ3v) is 6.32. The molecule has 1 saturated carbocycles. The molecule has 4 rings (SSSR count). The summed E-state index contributed by atoms with van der Waals surface area (Å²) < 4.78 is 6.72. The van der Waals surface area contributed by atoms with Gasteiger partial charge in [0.15, 0.2) is 0 Å². The van der Waals surface area contributed by atoms with Crippen LogP contribution in [0.3, 0.4) is 0 Å². The predicted molar refractivity (Wildman–Crippen MR) is 97.8 cm³/mol. The van der Waals surface area contributed by atoms with Gasteiger partial charge in [-0.25, -0.2) is 4.98 Å². The van der Waals surface area contributed by atoms with Crippen molar-refractivity contribution in [2.45, 2.75) is 36.9 Å². The van der Waals surface area contributed by atoms with Gasteiger partial charge in [0.1, 0.15) is 5.01 Å². The van der Waals surface area contributed by atoms with Crippen LogP contribution in [0.25, 0.3) is 10.2 Å². The normalized spacial score (nSPS) is 15.4. The number of hydrogen-bond acceptors (Lipinski definition) is 7. The summed E-state index contributed by atoms with van der Waals surface area (Å²) in [5.74, 6) is 1.42. The zero-order valence-electron chi connectivity index (χ0n) is 14.0. The summed E-state index contributed by atoms with van der Waals surface area (Å²) in [5.41, 5.74) is 0.975. The summed E-state index contributed by atoms with van der Waals surface area (Å²) >= 11 is 2.92. The van der Waals surface area contributed by atoms with Gasteiger partial charge in [0, 0.05) is 13.0 Å². The van der Waals surface area contributed by atoms with E-state index in [2.05, 4.69) is 15.2 Å². The van der Waals surface area contributed by atoms with Crippen LogP contribution >= 0.6 is 23.1 Å². The number of carbonyl (C=O) groups excluding carboxylic acids is 1. The predicted octanol–water partition coefficient (Wildman–Crippen LogP) is 3.87. The summed E-state index contributed by atoms with van der Waals surface area (Å²) in [7, 11) is 1.81. The van der Waals surface area contributed by atoms with Gasteiger partial charge in [-0.2, -0.15) is 0 Å².